The molecule has 1 fully saturated rings. The third kappa shape index (κ3) is 6.76. The maximum atomic E-state index is 13.3. The molecule has 3 heterocycles. The van der Waals surface area contributed by atoms with E-state index in [4.69, 9.17) is 26.3 Å². The second-order valence-electron chi connectivity index (χ2n) is 11.6. The molecule has 1 aliphatic heterocycles. The van der Waals surface area contributed by atoms with E-state index in [1.54, 1.807) is 6.07 Å². The third-order valence-electron chi connectivity index (χ3n) is 7.45. The Labute approximate surface area is 232 Å². The largest absolute Gasteiger partial charge is 0.490 e. The maximum absolute atomic E-state index is 13.3. The van der Waals surface area contributed by atoms with Crippen LogP contribution in [0.15, 0.2) is 42.7 Å². The van der Waals surface area contributed by atoms with Gasteiger partial charge in [0.25, 0.3) is 0 Å². The zero-order valence-corrected chi connectivity index (χ0v) is 24.3. The number of halogens is 2. The van der Waals surface area contributed by atoms with Crippen molar-refractivity contribution in [3.63, 3.8) is 0 Å². The van der Waals surface area contributed by atoms with Gasteiger partial charge >= 0.3 is 0 Å². The number of benzene rings is 1. The molecule has 1 aliphatic rings. The van der Waals surface area contributed by atoms with Gasteiger partial charge in [-0.25, -0.2) is 4.39 Å². The Morgan fingerprint density at radius 1 is 1.11 bits per heavy atom. The summed E-state index contributed by atoms with van der Waals surface area (Å²) in [6.07, 6.45) is 7.26. The number of piperidine rings is 1. The minimum atomic E-state index is -0.377. The first kappa shape index (κ1) is 28.2. The van der Waals surface area contributed by atoms with Crippen LogP contribution in [-0.2, 0) is 6.42 Å². The quantitative estimate of drug-likeness (QED) is 0.281. The fourth-order valence-corrected chi connectivity index (χ4v) is 5.18. The molecule has 1 aromatic carbocycles. The molecular formula is C31H40ClFN4O. The molecule has 3 aromatic rings. The molecule has 0 bridgehead atoms. The van der Waals surface area contributed by atoms with E-state index in [1.807, 2.05) is 19.4 Å². The first-order chi connectivity index (χ1) is 18.0. The Balaban J connectivity index is 1.53. The summed E-state index contributed by atoms with van der Waals surface area (Å²) >= 11 is 6.07. The van der Waals surface area contributed by atoms with Crippen LogP contribution in [0.5, 0.6) is 5.75 Å². The van der Waals surface area contributed by atoms with Crippen LogP contribution >= 0.6 is 11.6 Å². The number of nitrogens with zero attached hydrogens (tertiary/aromatic N) is 4. The number of ether oxygens (including phenoxy) is 1. The van der Waals surface area contributed by atoms with Gasteiger partial charge in [0, 0.05) is 37.6 Å². The van der Waals surface area contributed by atoms with Crippen LogP contribution in [0.25, 0.3) is 11.3 Å². The first-order valence-electron chi connectivity index (χ1n) is 13.5. The van der Waals surface area contributed by atoms with Gasteiger partial charge in [0.05, 0.1) is 34.8 Å². The molecule has 38 heavy (non-hydrogen) atoms. The third-order valence-corrected chi connectivity index (χ3v) is 7.75. The van der Waals surface area contributed by atoms with Crippen molar-refractivity contribution in [1.82, 2.24) is 9.97 Å². The lowest BCUT2D eigenvalue weighted by Gasteiger charge is -2.40. The molecule has 0 spiro atoms. The lowest BCUT2D eigenvalue weighted by atomic mass is 9.82. The van der Waals surface area contributed by atoms with E-state index in [2.05, 4.69) is 56.6 Å². The molecule has 1 saturated heterocycles. The second-order valence-corrected chi connectivity index (χ2v) is 12.0. The Kier molecular flexibility index (Phi) is 8.81. The van der Waals surface area contributed by atoms with Crippen molar-refractivity contribution in [2.24, 2.45) is 11.3 Å². The minimum absolute atomic E-state index is 0.273. The topological polar surface area (TPSA) is 41.5 Å². The molecule has 0 unspecified atom stereocenters. The lowest BCUT2D eigenvalue weighted by molar-refractivity contribution is 0.279. The van der Waals surface area contributed by atoms with Crippen molar-refractivity contribution in [1.29, 1.82) is 0 Å². The minimum Gasteiger partial charge on any atom is -0.490 e. The van der Waals surface area contributed by atoms with Crippen LogP contribution in [0.2, 0.25) is 5.02 Å². The van der Waals surface area contributed by atoms with Gasteiger partial charge in [0.1, 0.15) is 18.2 Å². The molecule has 7 heteroatoms. The predicted molar refractivity (Wildman–Crippen MR) is 156 cm³/mol. The van der Waals surface area contributed by atoms with Crippen molar-refractivity contribution in [2.75, 3.05) is 43.1 Å². The molecule has 0 saturated carbocycles. The van der Waals surface area contributed by atoms with Crippen molar-refractivity contribution in [3.05, 3.63) is 64.8 Å². The Morgan fingerprint density at radius 3 is 2.47 bits per heavy atom. The summed E-state index contributed by atoms with van der Waals surface area (Å²) in [7, 11) is 2.00. The number of aromatic nitrogens is 2. The highest BCUT2D eigenvalue weighted by Crippen LogP contribution is 2.40. The van der Waals surface area contributed by atoms with Gasteiger partial charge in [-0.2, -0.15) is 0 Å². The lowest BCUT2D eigenvalue weighted by Crippen LogP contribution is -2.38. The maximum Gasteiger partial charge on any atom is 0.138 e. The first-order valence-corrected chi connectivity index (χ1v) is 13.9. The number of rotatable bonds is 9. The summed E-state index contributed by atoms with van der Waals surface area (Å²) < 4.78 is 19.0. The van der Waals surface area contributed by atoms with E-state index in [1.165, 1.54) is 36.2 Å². The van der Waals surface area contributed by atoms with Gasteiger partial charge in [-0.3, -0.25) is 9.97 Å². The SMILES string of the molecule is Cc1ncc(-c2ccc(N(C)CCOc3ccc(F)cc3Cl)cn2)c(N2CCC(C)(C)CC2)c1CC(C)C. The van der Waals surface area contributed by atoms with E-state index >= 15 is 0 Å². The molecule has 0 aliphatic carbocycles. The smallest absolute Gasteiger partial charge is 0.138 e. The molecular weight excluding hydrogens is 499 g/mol. The summed E-state index contributed by atoms with van der Waals surface area (Å²) in [5.41, 5.74) is 7.18. The highest BCUT2D eigenvalue weighted by molar-refractivity contribution is 6.32. The average molecular weight is 539 g/mol. The zero-order chi connectivity index (χ0) is 27.4. The summed E-state index contributed by atoms with van der Waals surface area (Å²) in [5, 5.41) is 0.273. The number of hydrogen-bond acceptors (Lipinski definition) is 5. The monoisotopic (exact) mass is 538 g/mol. The van der Waals surface area contributed by atoms with Crippen LogP contribution in [0, 0.1) is 24.1 Å². The molecule has 0 N–H and O–H groups in total. The Morgan fingerprint density at radius 2 is 1.84 bits per heavy atom. The number of likely N-dealkylation sites (N-methyl/N-ethyl adjacent to an activating group) is 1. The Hall–Kier alpha value is -2.86. The summed E-state index contributed by atoms with van der Waals surface area (Å²) in [5.74, 6) is 0.646. The van der Waals surface area contributed by atoms with E-state index < -0.39 is 0 Å². The van der Waals surface area contributed by atoms with Gasteiger partial charge in [0.2, 0.25) is 0 Å². The van der Waals surface area contributed by atoms with E-state index in [0.29, 0.717) is 30.2 Å². The van der Waals surface area contributed by atoms with Gasteiger partial charge in [-0.15, -0.1) is 0 Å². The summed E-state index contributed by atoms with van der Waals surface area (Å²) in [6.45, 7) is 14.6. The van der Waals surface area contributed by atoms with Crippen LogP contribution < -0.4 is 14.5 Å². The van der Waals surface area contributed by atoms with Crippen molar-refractivity contribution in [3.8, 4) is 17.0 Å². The van der Waals surface area contributed by atoms with Crippen molar-refractivity contribution in [2.45, 2.75) is 53.9 Å². The average Bonchev–Trinajstić information content (AvgIpc) is 2.86. The molecule has 0 radical (unpaired) electrons. The number of pyridine rings is 2. The van der Waals surface area contributed by atoms with Crippen molar-refractivity contribution < 1.29 is 9.13 Å². The summed E-state index contributed by atoms with van der Waals surface area (Å²) in [6, 6.07) is 8.34. The Bertz CT molecular complexity index is 1240. The standard InChI is InChI=1S/C31H40ClFN4O/c1-21(2)17-25-22(3)34-20-26(30(25)37-13-11-31(4,5)12-14-37)28-9-8-24(19-35-28)36(6)15-16-38-29-10-7-23(33)18-27(29)32/h7-10,18-21H,11-17H2,1-6H3. The predicted octanol–water partition coefficient (Wildman–Crippen LogP) is 7.58. The fraction of sp³-hybridized carbons (Fsp3) is 0.484. The van der Waals surface area contributed by atoms with Crippen LogP contribution in [0.1, 0.15) is 51.8 Å². The van der Waals surface area contributed by atoms with Crippen LogP contribution in [0.4, 0.5) is 15.8 Å². The van der Waals surface area contributed by atoms with Gasteiger partial charge in [-0.05, 0) is 73.4 Å². The summed E-state index contributed by atoms with van der Waals surface area (Å²) in [4.78, 5) is 14.3. The fourth-order valence-electron chi connectivity index (χ4n) is 4.96. The molecule has 204 valence electrons. The highest BCUT2D eigenvalue weighted by atomic mass is 35.5. The van der Waals surface area contributed by atoms with E-state index in [-0.39, 0.29) is 10.8 Å². The molecule has 4 rings (SSSR count). The highest BCUT2D eigenvalue weighted by Gasteiger charge is 2.29. The van der Waals surface area contributed by atoms with Crippen LogP contribution in [0.3, 0.4) is 0 Å². The van der Waals surface area contributed by atoms with Gasteiger partial charge in [0.15, 0.2) is 0 Å². The second kappa shape index (κ2) is 11.9. The van der Waals surface area contributed by atoms with Crippen molar-refractivity contribution >= 4 is 23.0 Å². The van der Waals surface area contributed by atoms with E-state index in [0.717, 1.165) is 42.1 Å². The van der Waals surface area contributed by atoms with Gasteiger partial charge < -0.3 is 14.5 Å². The van der Waals surface area contributed by atoms with E-state index in [9.17, 15) is 4.39 Å². The molecule has 0 amide bonds. The van der Waals surface area contributed by atoms with Gasteiger partial charge in [-0.1, -0.05) is 39.3 Å². The zero-order valence-electron chi connectivity index (χ0n) is 23.5. The number of hydrogen-bond donors (Lipinski definition) is 0. The molecule has 0 atom stereocenters. The normalized spacial score (nSPS) is 15.1. The molecule has 5 nitrogen and oxygen atoms in total. The number of anilines is 2. The molecule has 2 aromatic heterocycles. The number of aryl methyl sites for hydroxylation is 1. The van der Waals surface area contributed by atoms with Crippen LogP contribution in [-0.4, -0.2) is 43.3 Å².